The summed E-state index contributed by atoms with van der Waals surface area (Å²) in [4.78, 5) is 14.5. The summed E-state index contributed by atoms with van der Waals surface area (Å²) in [5.74, 6) is 0.407. The second-order valence-electron chi connectivity index (χ2n) is 6.41. The van der Waals surface area contributed by atoms with Gasteiger partial charge in [-0.1, -0.05) is 17.7 Å². The molecule has 3 rings (SSSR count). The van der Waals surface area contributed by atoms with Crippen molar-refractivity contribution in [2.75, 3.05) is 26.7 Å². The van der Waals surface area contributed by atoms with Gasteiger partial charge in [-0.15, -0.1) is 12.4 Å². The molecule has 1 heterocycles. The standard InChI is InChI=1S/C17H22ClFN2O.ClH/c1-20-10-11-5-7-21(8-6-11)17(22)13-9-12(13)16-14(18)3-2-4-15(16)19;/h2-4,11-13,20H,5-10H2,1H3;1H. The lowest BCUT2D eigenvalue weighted by Crippen LogP contribution is -2.41. The predicted molar refractivity (Wildman–Crippen MR) is 92.7 cm³/mol. The van der Waals surface area contributed by atoms with E-state index in [-0.39, 0.29) is 36.0 Å². The average molecular weight is 361 g/mol. The molecule has 2 atom stereocenters. The van der Waals surface area contributed by atoms with Gasteiger partial charge < -0.3 is 10.2 Å². The van der Waals surface area contributed by atoms with Crippen LogP contribution in [0.25, 0.3) is 0 Å². The van der Waals surface area contributed by atoms with Gasteiger partial charge in [0.2, 0.25) is 5.91 Å². The van der Waals surface area contributed by atoms with E-state index in [1.165, 1.54) is 6.07 Å². The molecule has 2 aliphatic rings. The molecular formula is C17H23Cl2FN2O. The molecule has 0 spiro atoms. The van der Waals surface area contributed by atoms with Gasteiger partial charge in [-0.25, -0.2) is 4.39 Å². The summed E-state index contributed by atoms with van der Waals surface area (Å²) in [5.41, 5.74) is 0.521. The number of halogens is 3. The minimum Gasteiger partial charge on any atom is -0.342 e. The summed E-state index contributed by atoms with van der Waals surface area (Å²) in [5, 5.41) is 3.64. The van der Waals surface area contributed by atoms with Crippen LogP contribution in [0.5, 0.6) is 0 Å². The Balaban J connectivity index is 0.00000192. The number of carbonyl (C=O) groups is 1. The molecule has 1 aliphatic carbocycles. The molecule has 1 saturated heterocycles. The topological polar surface area (TPSA) is 32.3 Å². The van der Waals surface area contributed by atoms with Gasteiger partial charge in [0.25, 0.3) is 0 Å². The fraction of sp³-hybridized carbons (Fsp3) is 0.588. The monoisotopic (exact) mass is 360 g/mol. The molecule has 1 aromatic rings. The Hall–Kier alpha value is -0.840. The van der Waals surface area contributed by atoms with Gasteiger partial charge in [0, 0.05) is 35.5 Å². The molecule has 1 aromatic carbocycles. The molecular weight excluding hydrogens is 338 g/mol. The number of hydrogen-bond donors (Lipinski definition) is 1. The molecule has 6 heteroatoms. The maximum atomic E-state index is 13.9. The van der Waals surface area contributed by atoms with E-state index in [0.29, 0.717) is 16.5 Å². The number of carbonyl (C=O) groups excluding carboxylic acids is 1. The Kier molecular flexibility index (Phi) is 6.29. The molecule has 0 bridgehead atoms. The van der Waals surface area contributed by atoms with Crippen LogP contribution in [0.4, 0.5) is 4.39 Å². The Morgan fingerprint density at radius 1 is 1.39 bits per heavy atom. The molecule has 2 unspecified atom stereocenters. The SMILES string of the molecule is CNCC1CCN(C(=O)C2CC2c2c(F)cccc2Cl)CC1.Cl. The highest BCUT2D eigenvalue weighted by molar-refractivity contribution is 6.31. The molecule has 128 valence electrons. The average Bonchev–Trinajstić information content (AvgIpc) is 3.28. The number of piperidine rings is 1. The van der Waals surface area contributed by atoms with Crippen molar-refractivity contribution in [3.63, 3.8) is 0 Å². The lowest BCUT2D eigenvalue weighted by Gasteiger charge is -2.32. The van der Waals surface area contributed by atoms with E-state index < -0.39 is 0 Å². The number of hydrogen-bond acceptors (Lipinski definition) is 2. The molecule has 1 N–H and O–H groups in total. The first kappa shape index (κ1) is 18.5. The van der Waals surface area contributed by atoms with Crippen LogP contribution in [0.3, 0.4) is 0 Å². The first-order valence-electron chi connectivity index (χ1n) is 7.99. The predicted octanol–water partition coefficient (Wildman–Crippen LogP) is 3.46. The fourth-order valence-electron chi connectivity index (χ4n) is 3.53. The third-order valence-electron chi connectivity index (χ3n) is 4.90. The van der Waals surface area contributed by atoms with Crippen molar-refractivity contribution < 1.29 is 9.18 Å². The highest BCUT2D eigenvalue weighted by Crippen LogP contribution is 2.51. The van der Waals surface area contributed by atoms with E-state index in [0.717, 1.165) is 38.9 Å². The van der Waals surface area contributed by atoms with E-state index in [2.05, 4.69) is 5.32 Å². The smallest absolute Gasteiger partial charge is 0.226 e. The summed E-state index contributed by atoms with van der Waals surface area (Å²) in [6.07, 6.45) is 2.81. The molecule has 0 aromatic heterocycles. The van der Waals surface area contributed by atoms with Crippen LogP contribution in [-0.2, 0) is 4.79 Å². The first-order valence-corrected chi connectivity index (χ1v) is 8.37. The maximum Gasteiger partial charge on any atom is 0.226 e. The maximum absolute atomic E-state index is 13.9. The van der Waals surface area contributed by atoms with E-state index in [4.69, 9.17) is 11.6 Å². The van der Waals surface area contributed by atoms with Crippen molar-refractivity contribution in [2.45, 2.75) is 25.2 Å². The molecule has 23 heavy (non-hydrogen) atoms. The van der Waals surface area contributed by atoms with Crippen molar-refractivity contribution in [3.05, 3.63) is 34.6 Å². The third-order valence-corrected chi connectivity index (χ3v) is 5.23. The second-order valence-corrected chi connectivity index (χ2v) is 6.82. The van der Waals surface area contributed by atoms with Crippen molar-refractivity contribution in [1.82, 2.24) is 10.2 Å². The highest BCUT2D eigenvalue weighted by atomic mass is 35.5. The molecule has 1 saturated carbocycles. The Morgan fingerprint density at radius 2 is 2.09 bits per heavy atom. The molecule has 1 amide bonds. The number of likely N-dealkylation sites (tertiary alicyclic amines) is 1. The largest absolute Gasteiger partial charge is 0.342 e. The zero-order valence-corrected chi connectivity index (χ0v) is 14.8. The molecule has 3 nitrogen and oxygen atoms in total. The van der Waals surface area contributed by atoms with Gasteiger partial charge in [0.05, 0.1) is 0 Å². The molecule has 0 radical (unpaired) electrons. The lowest BCUT2D eigenvalue weighted by atomic mass is 9.96. The van der Waals surface area contributed by atoms with Crippen LogP contribution in [0.2, 0.25) is 5.02 Å². The fourth-order valence-corrected chi connectivity index (χ4v) is 3.84. The highest BCUT2D eigenvalue weighted by Gasteiger charge is 2.48. The van der Waals surface area contributed by atoms with Crippen LogP contribution in [0.1, 0.15) is 30.7 Å². The quantitative estimate of drug-likeness (QED) is 0.891. The van der Waals surface area contributed by atoms with Crippen molar-refractivity contribution in [1.29, 1.82) is 0 Å². The molecule has 1 aliphatic heterocycles. The van der Waals surface area contributed by atoms with Gasteiger partial charge in [0.15, 0.2) is 0 Å². The van der Waals surface area contributed by atoms with Crippen molar-refractivity contribution >= 4 is 29.9 Å². The summed E-state index contributed by atoms with van der Waals surface area (Å²) < 4.78 is 13.9. The van der Waals surface area contributed by atoms with E-state index in [1.54, 1.807) is 12.1 Å². The van der Waals surface area contributed by atoms with E-state index in [1.807, 2.05) is 11.9 Å². The Bertz CT molecular complexity index is 541. The van der Waals surface area contributed by atoms with Crippen LogP contribution in [0, 0.1) is 17.7 Å². The zero-order chi connectivity index (χ0) is 15.7. The van der Waals surface area contributed by atoms with Crippen molar-refractivity contribution in [3.8, 4) is 0 Å². The summed E-state index contributed by atoms with van der Waals surface area (Å²) in [7, 11) is 1.96. The molecule has 2 fully saturated rings. The second kappa shape index (κ2) is 7.82. The van der Waals surface area contributed by atoms with Gasteiger partial charge in [-0.3, -0.25) is 4.79 Å². The van der Waals surface area contributed by atoms with Gasteiger partial charge >= 0.3 is 0 Å². The minimum atomic E-state index is -0.291. The summed E-state index contributed by atoms with van der Waals surface area (Å²) >= 11 is 6.10. The van der Waals surface area contributed by atoms with Crippen LogP contribution in [0.15, 0.2) is 18.2 Å². The van der Waals surface area contributed by atoms with Crippen LogP contribution >= 0.6 is 24.0 Å². The number of benzene rings is 1. The first-order chi connectivity index (χ1) is 10.6. The van der Waals surface area contributed by atoms with E-state index in [9.17, 15) is 9.18 Å². The summed E-state index contributed by atoms with van der Waals surface area (Å²) in [6, 6.07) is 4.72. The van der Waals surface area contributed by atoms with Gasteiger partial charge in [-0.2, -0.15) is 0 Å². The normalized spacial score (nSPS) is 24.2. The Labute approximate surface area is 148 Å². The van der Waals surface area contributed by atoms with Crippen LogP contribution in [-0.4, -0.2) is 37.5 Å². The van der Waals surface area contributed by atoms with Gasteiger partial charge in [-0.05, 0) is 50.9 Å². The lowest BCUT2D eigenvalue weighted by molar-refractivity contribution is -0.134. The number of nitrogens with zero attached hydrogens (tertiary/aromatic N) is 1. The Morgan fingerprint density at radius 3 is 2.70 bits per heavy atom. The summed E-state index contributed by atoms with van der Waals surface area (Å²) in [6.45, 7) is 2.65. The number of amides is 1. The third kappa shape index (κ3) is 3.98. The zero-order valence-electron chi connectivity index (χ0n) is 13.2. The van der Waals surface area contributed by atoms with Crippen molar-refractivity contribution in [2.24, 2.45) is 11.8 Å². The van der Waals surface area contributed by atoms with Gasteiger partial charge in [0.1, 0.15) is 5.82 Å². The van der Waals surface area contributed by atoms with Crippen LogP contribution < -0.4 is 5.32 Å². The van der Waals surface area contributed by atoms with E-state index >= 15 is 0 Å². The minimum absolute atomic E-state index is 0. The number of rotatable bonds is 4. The number of nitrogens with one attached hydrogen (secondary N) is 1.